The summed E-state index contributed by atoms with van der Waals surface area (Å²) in [5.41, 5.74) is -0.449. The number of carbonyl (C=O) groups excluding carboxylic acids is 2. The van der Waals surface area contributed by atoms with Crippen molar-refractivity contribution in [1.82, 2.24) is 0 Å². The predicted octanol–water partition coefficient (Wildman–Crippen LogP) is 2.73. The molecule has 0 rings (SSSR count). The fourth-order valence-electron chi connectivity index (χ4n) is 1.92. The molecule has 3 heteroatoms. The zero-order chi connectivity index (χ0) is 11.9. The summed E-state index contributed by atoms with van der Waals surface area (Å²) < 4.78 is 5.01. The van der Waals surface area contributed by atoms with Gasteiger partial charge in [-0.1, -0.05) is 26.7 Å². The Morgan fingerprint density at radius 2 is 1.53 bits per heavy atom. The number of esters is 1. The van der Waals surface area contributed by atoms with Crippen LogP contribution < -0.4 is 0 Å². The number of rotatable bonds is 7. The molecule has 0 spiro atoms. The van der Waals surface area contributed by atoms with E-state index in [2.05, 4.69) is 0 Å². The van der Waals surface area contributed by atoms with Gasteiger partial charge in [-0.15, -0.1) is 0 Å². The van der Waals surface area contributed by atoms with Gasteiger partial charge in [0.25, 0.3) is 0 Å². The highest BCUT2D eigenvalue weighted by Crippen LogP contribution is 2.31. The van der Waals surface area contributed by atoms with E-state index in [1.165, 1.54) is 6.92 Å². The number of ketones is 1. The number of hydrogen-bond acceptors (Lipinski definition) is 3. The summed E-state index contributed by atoms with van der Waals surface area (Å²) in [6, 6.07) is 0. The molecule has 0 aromatic carbocycles. The van der Waals surface area contributed by atoms with Gasteiger partial charge in [0.15, 0.2) is 0 Å². The minimum Gasteiger partial charge on any atom is -0.465 e. The second kappa shape index (κ2) is 6.59. The first kappa shape index (κ1) is 14.1. The number of Topliss-reactive ketones (excluding diaryl/α,β-unsaturated/α-hetero) is 1. The van der Waals surface area contributed by atoms with Crippen LogP contribution in [0.5, 0.6) is 0 Å². The Morgan fingerprint density at radius 1 is 1.07 bits per heavy atom. The van der Waals surface area contributed by atoms with Crippen molar-refractivity contribution in [1.29, 1.82) is 0 Å². The average Bonchev–Trinajstić information content (AvgIpc) is 2.14. The molecule has 88 valence electrons. The minimum atomic E-state index is -0.449. The zero-order valence-corrected chi connectivity index (χ0v) is 10.3. The molecule has 0 saturated heterocycles. The van der Waals surface area contributed by atoms with Crippen LogP contribution in [0.1, 0.15) is 53.4 Å². The van der Waals surface area contributed by atoms with Crippen LogP contribution in [-0.2, 0) is 14.3 Å². The first-order valence-electron chi connectivity index (χ1n) is 5.63. The molecular weight excluding hydrogens is 192 g/mol. The molecule has 3 nitrogen and oxygen atoms in total. The fraction of sp³-hybridized carbons (Fsp3) is 0.833. The van der Waals surface area contributed by atoms with E-state index in [1.54, 1.807) is 6.92 Å². The molecule has 0 unspecified atom stereocenters. The molecule has 0 radical (unpaired) electrons. The van der Waals surface area contributed by atoms with Crippen LogP contribution in [0.3, 0.4) is 0 Å². The molecule has 0 aliphatic heterocycles. The van der Waals surface area contributed by atoms with Gasteiger partial charge in [-0.3, -0.25) is 9.59 Å². The van der Waals surface area contributed by atoms with Gasteiger partial charge in [-0.05, 0) is 19.8 Å². The van der Waals surface area contributed by atoms with Gasteiger partial charge in [0, 0.05) is 6.92 Å². The lowest BCUT2D eigenvalue weighted by Gasteiger charge is -2.29. The zero-order valence-electron chi connectivity index (χ0n) is 10.3. The van der Waals surface area contributed by atoms with Crippen LogP contribution >= 0.6 is 0 Å². The molecule has 0 heterocycles. The van der Waals surface area contributed by atoms with Crippen LogP contribution in [0.25, 0.3) is 0 Å². The van der Waals surface area contributed by atoms with Crippen LogP contribution in [0.15, 0.2) is 0 Å². The Kier molecular flexibility index (Phi) is 6.21. The van der Waals surface area contributed by atoms with Crippen molar-refractivity contribution in [2.75, 3.05) is 6.61 Å². The van der Waals surface area contributed by atoms with Gasteiger partial charge < -0.3 is 4.74 Å². The van der Waals surface area contributed by atoms with Gasteiger partial charge in [-0.2, -0.15) is 0 Å². The van der Waals surface area contributed by atoms with E-state index >= 15 is 0 Å². The van der Waals surface area contributed by atoms with Crippen LogP contribution in [0.4, 0.5) is 0 Å². The summed E-state index contributed by atoms with van der Waals surface area (Å²) in [5.74, 6) is -0.180. The first-order chi connectivity index (χ1) is 6.98. The van der Waals surface area contributed by atoms with E-state index in [0.29, 0.717) is 0 Å². The topological polar surface area (TPSA) is 43.4 Å². The summed E-state index contributed by atoms with van der Waals surface area (Å²) in [4.78, 5) is 22.5. The number of hydrogen-bond donors (Lipinski definition) is 0. The number of ether oxygens (including phenoxy) is 1. The maximum atomic E-state index is 11.7. The molecule has 0 aromatic rings. The predicted molar refractivity (Wildman–Crippen MR) is 59.6 cm³/mol. The van der Waals surface area contributed by atoms with E-state index in [1.807, 2.05) is 13.8 Å². The van der Waals surface area contributed by atoms with Crippen LogP contribution in [-0.4, -0.2) is 18.4 Å². The highest BCUT2D eigenvalue weighted by Gasteiger charge is 2.34. The molecule has 0 aromatic heterocycles. The summed E-state index contributed by atoms with van der Waals surface area (Å²) in [6.07, 6.45) is 3.45. The quantitative estimate of drug-likeness (QED) is 0.612. The summed E-state index contributed by atoms with van der Waals surface area (Å²) in [5, 5.41) is 0. The monoisotopic (exact) mass is 214 g/mol. The first-order valence-corrected chi connectivity index (χ1v) is 5.63. The molecule has 0 atom stereocenters. The lowest BCUT2D eigenvalue weighted by molar-refractivity contribution is -0.148. The van der Waals surface area contributed by atoms with E-state index in [0.717, 1.165) is 25.7 Å². The largest absolute Gasteiger partial charge is 0.465 e. The Bertz CT molecular complexity index is 215. The Morgan fingerprint density at radius 3 is 1.80 bits per heavy atom. The molecule has 15 heavy (non-hydrogen) atoms. The van der Waals surface area contributed by atoms with Gasteiger partial charge >= 0.3 is 5.97 Å². The standard InChI is InChI=1S/C12H22O3/c1-5-7-12(8-6-2,10(3)13)9-15-11(4)14/h5-9H2,1-4H3. The van der Waals surface area contributed by atoms with Crippen molar-refractivity contribution >= 4 is 11.8 Å². The molecule has 0 amide bonds. The molecule has 0 saturated carbocycles. The van der Waals surface area contributed by atoms with Gasteiger partial charge in [0.05, 0.1) is 5.41 Å². The normalized spacial score (nSPS) is 11.2. The highest BCUT2D eigenvalue weighted by molar-refractivity contribution is 5.82. The average molecular weight is 214 g/mol. The molecule has 0 bridgehead atoms. The summed E-state index contributed by atoms with van der Waals surface area (Å²) in [6.45, 7) is 7.29. The Hall–Kier alpha value is -0.860. The molecule has 0 aliphatic rings. The molecular formula is C12H22O3. The molecule has 0 aliphatic carbocycles. The Labute approximate surface area is 92.2 Å². The van der Waals surface area contributed by atoms with Crippen molar-refractivity contribution in [2.24, 2.45) is 5.41 Å². The van der Waals surface area contributed by atoms with Crippen molar-refractivity contribution < 1.29 is 14.3 Å². The minimum absolute atomic E-state index is 0.132. The number of carbonyl (C=O) groups is 2. The van der Waals surface area contributed by atoms with Crippen molar-refractivity contribution in [2.45, 2.75) is 53.4 Å². The van der Waals surface area contributed by atoms with Crippen molar-refractivity contribution in [3.63, 3.8) is 0 Å². The van der Waals surface area contributed by atoms with E-state index in [9.17, 15) is 9.59 Å². The SMILES string of the molecule is CCCC(CCC)(COC(C)=O)C(C)=O. The second-order valence-electron chi connectivity index (χ2n) is 4.12. The van der Waals surface area contributed by atoms with E-state index < -0.39 is 5.41 Å². The molecule has 0 N–H and O–H groups in total. The maximum absolute atomic E-state index is 11.7. The second-order valence-corrected chi connectivity index (χ2v) is 4.12. The van der Waals surface area contributed by atoms with E-state index in [-0.39, 0.29) is 18.4 Å². The third-order valence-corrected chi connectivity index (χ3v) is 2.76. The summed E-state index contributed by atoms with van der Waals surface area (Å²) >= 11 is 0. The van der Waals surface area contributed by atoms with Gasteiger partial charge in [-0.25, -0.2) is 0 Å². The summed E-state index contributed by atoms with van der Waals surface area (Å²) in [7, 11) is 0. The third-order valence-electron chi connectivity index (χ3n) is 2.76. The van der Waals surface area contributed by atoms with Crippen molar-refractivity contribution in [3.05, 3.63) is 0 Å². The fourth-order valence-corrected chi connectivity index (χ4v) is 1.92. The van der Waals surface area contributed by atoms with Crippen LogP contribution in [0, 0.1) is 5.41 Å². The molecule has 0 fully saturated rings. The van der Waals surface area contributed by atoms with Crippen LogP contribution in [0.2, 0.25) is 0 Å². The van der Waals surface area contributed by atoms with Gasteiger partial charge in [0.2, 0.25) is 0 Å². The Balaban J connectivity index is 4.61. The third kappa shape index (κ3) is 4.45. The van der Waals surface area contributed by atoms with Crippen molar-refractivity contribution in [3.8, 4) is 0 Å². The highest BCUT2D eigenvalue weighted by atomic mass is 16.5. The maximum Gasteiger partial charge on any atom is 0.302 e. The van der Waals surface area contributed by atoms with Gasteiger partial charge in [0.1, 0.15) is 12.4 Å². The smallest absolute Gasteiger partial charge is 0.302 e. The lowest BCUT2D eigenvalue weighted by Crippen LogP contribution is -2.35. The van der Waals surface area contributed by atoms with E-state index in [4.69, 9.17) is 4.74 Å². The lowest BCUT2D eigenvalue weighted by atomic mass is 9.77.